The van der Waals surface area contributed by atoms with Crippen LogP contribution in [0.5, 0.6) is 5.88 Å². The largest absolute Gasteiger partial charge is 0.493 e. The molecule has 0 aliphatic heterocycles. The molecule has 2 heterocycles. The summed E-state index contributed by atoms with van der Waals surface area (Å²) in [7, 11) is 0. The average Bonchev–Trinajstić information content (AvgIpc) is 2.97. The molecule has 0 spiro atoms. The molecule has 10 heteroatoms. The highest BCUT2D eigenvalue weighted by molar-refractivity contribution is 6.31. The Morgan fingerprint density at radius 3 is 2.64 bits per heavy atom. The van der Waals surface area contributed by atoms with Crippen LogP contribution in [-0.4, -0.2) is 25.5 Å². The molecule has 8 nitrogen and oxygen atoms in total. The minimum Gasteiger partial charge on any atom is -0.493 e. The zero-order valence-corrected chi connectivity index (χ0v) is 15.6. The molecule has 2 N–H and O–H groups in total. The van der Waals surface area contributed by atoms with Crippen molar-refractivity contribution in [3.8, 4) is 5.88 Å². The molecule has 0 aliphatic carbocycles. The molecule has 0 radical (unpaired) electrons. The summed E-state index contributed by atoms with van der Waals surface area (Å²) in [6.07, 6.45) is 1.26. The lowest BCUT2D eigenvalue weighted by atomic mass is 10.2. The van der Waals surface area contributed by atoms with Gasteiger partial charge in [-0.3, -0.25) is 14.2 Å². The van der Waals surface area contributed by atoms with E-state index in [0.29, 0.717) is 31.9 Å². The van der Waals surface area contributed by atoms with Gasteiger partial charge in [-0.15, -0.1) is 10.2 Å². The van der Waals surface area contributed by atoms with E-state index in [-0.39, 0.29) is 18.1 Å². The molecule has 0 saturated carbocycles. The molecule has 0 bridgehead atoms. The van der Waals surface area contributed by atoms with Gasteiger partial charge in [0.05, 0.1) is 22.7 Å². The third kappa shape index (κ3) is 3.35. The lowest BCUT2D eigenvalue weighted by molar-refractivity contribution is -0.118. The Morgan fingerprint density at radius 2 is 1.86 bits per heavy atom. The van der Waals surface area contributed by atoms with E-state index in [1.165, 1.54) is 12.4 Å². The average molecular weight is 416 g/mol. The monoisotopic (exact) mass is 415 g/mol. The SMILES string of the molecule is O=C(Cn1cnc2ccc(Cl)cc2c1=O)N=Nc1c(O)[nH]c2ccc(Cl)cc12. The van der Waals surface area contributed by atoms with Gasteiger partial charge in [0.25, 0.3) is 11.5 Å². The summed E-state index contributed by atoms with van der Waals surface area (Å²) in [6, 6.07) is 9.65. The highest BCUT2D eigenvalue weighted by Crippen LogP contribution is 2.36. The zero-order valence-electron chi connectivity index (χ0n) is 14.1. The van der Waals surface area contributed by atoms with Crippen molar-refractivity contribution < 1.29 is 9.90 Å². The normalized spacial score (nSPS) is 11.6. The van der Waals surface area contributed by atoms with Crippen molar-refractivity contribution in [1.29, 1.82) is 0 Å². The predicted octanol–water partition coefficient (Wildman–Crippen LogP) is 4.20. The summed E-state index contributed by atoms with van der Waals surface area (Å²) in [4.78, 5) is 31.5. The van der Waals surface area contributed by atoms with E-state index >= 15 is 0 Å². The first-order chi connectivity index (χ1) is 13.4. The van der Waals surface area contributed by atoms with Crippen molar-refractivity contribution in [3.05, 3.63) is 63.1 Å². The minimum absolute atomic E-state index is 0.0848. The maximum absolute atomic E-state index is 12.5. The number of amides is 1. The number of fused-ring (bicyclic) bond motifs is 2. The van der Waals surface area contributed by atoms with Gasteiger partial charge in [-0.1, -0.05) is 23.2 Å². The summed E-state index contributed by atoms with van der Waals surface area (Å²) in [5, 5.41) is 19.0. The summed E-state index contributed by atoms with van der Waals surface area (Å²) >= 11 is 11.9. The van der Waals surface area contributed by atoms with Crippen molar-refractivity contribution in [2.45, 2.75) is 6.54 Å². The van der Waals surface area contributed by atoms with E-state index in [4.69, 9.17) is 23.2 Å². The number of benzene rings is 2. The number of H-pyrrole nitrogens is 1. The Morgan fingerprint density at radius 1 is 1.14 bits per heavy atom. The minimum atomic E-state index is -0.693. The third-order valence-corrected chi connectivity index (χ3v) is 4.54. The number of azo groups is 1. The molecule has 0 fully saturated rings. The number of nitrogens with one attached hydrogen (secondary N) is 1. The standard InChI is InChI=1S/C18H11Cl2N5O3/c19-9-2-4-14-11(5-9)16(17(27)22-14)24-23-15(26)7-25-8-21-13-3-1-10(20)6-12(13)18(25)28/h1-6,8,22,27H,7H2. The van der Waals surface area contributed by atoms with Crippen molar-refractivity contribution in [2.75, 3.05) is 0 Å². The quantitative estimate of drug-likeness (QED) is 0.488. The van der Waals surface area contributed by atoms with Gasteiger partial charge < -0.3 is 10.1 Å². The smallest absolute Gasteiger partial charge is 0.284 e. The van der Waals surface area contributed by atoms with E-state index < -0.39 is 11.5 Å². The summed E-state index contributed by atoms with van der Waals surface area (Å²) in [6.45, 7) is -0.359. The number of aromatic amines is 1. The molecule has 0 saturated heterocycles. The highest BCUT2D eigenvalue weighted by atomic mass is 35.5. The van der Waals surface area contributed by atoms with Gasteiger partial charge in [-0.25, -0.2) is 4.98 Å². The van der Waals surface area contributed by atoms with Crippen molar-refractivity contribution in [2.24, 2.45) is 10.2 Å². The first-order valence-electron chi connectivity index (χ1n) is 8.02. The first kappa shape index (κ1) is 18.1. The van der Waals surface area contributed by atoms with Crippen LogP contribution in [0.1, 0.15) is 0 Å². The van der Waals surface area contributed by atoms with E-state index in [9.17, 15) is 14.7 Å². The van der Waals surface area contributed by atoms with E-state index in [0.717, 1.165) is 4.57 Å². The summed E-state index contributed by atoms with van der Waals surface area (Å²) in [5.41, 5.74) is 0.731. The molecule has 2 aromatic heterocycles. The van der Waals surface area contributed by atoms with Crippen LogP contribution in [0.25, 0.3) is 21.8 Å². The van der Waals surface area contributed by atoms with Crippen LogP contribution in [0.4, 0.5) is 5.69 Å². The lowest BCUT2D eigenvalue weighted by Gasteiger charge is -2.04. The number of aromatic nitrogens is 3. The van der Waals surface area contributed by atoms with Crippen LogP contribution < -0.4 is 5.56 Å². The molecule has 2 aromatic carbocycles. The van der Waals surface area contributed by atoms with Crippen LogP contribution in [0.15, 0.2) is 57.7 Å². The van der Waals surface area contributed by atoms with Crippen molar-refractivity contribution >= 4 is 56.6 Å². The van der Waals surface area contributed by atoms with Crippen molar-refractivity contribution in [3.63, 3.8) is 0 Å². The second-order valence-corrected chi connectivity index (χ2v) is 6.82. The maximum Gasteiger partial charge on any atom is 0.284 e. The van der Waals surface area contributed by atoms with Crippen LogP contribution in [-0.2, 0) is 11.3 Å². The number of hydrogen-bond acceptors (Lipinski definition) is 5. The number of hydrogen-bond donors (Lipinski definition) is 2. The van der Waals surface area contributed by atoms with Gasteiger partial charge in [0.15, 0.2) is 5.69 Å². The Hall–Kier alpha value is -3.23. The highest BCUT2D eigenvalue weighted by Gasteiger charge is 2.12. The second-order valence-electron chi connectivity index (χ2n) is 5.94. The van der Waals surface area contributed by atoms with Gasteiger partial charge >= 0.3 is 0 Å². The summed E-state index contributed by atoms with van der Waals surface area (Å²) < 4.78 is 1.12. The van der Waals surface area contributed by atoms with Gasteiger partial charge in [-0.05, 0) is 36.4 Å². The van der Waals surface area contributed by atoms with Gasteiger partial charge in [0.1, 0.15) is 6.54 Å². The number of nitrogens with zero attached hydrogens (tertiary/aromatic N) is 4. The molecule has 0 unspecified atom stereocenters. The van der Waals surface area contributed by atoms with Crippen LogP contribution in [0.3, 0.4) is 0 Å². The van der Waals surface area contributed by atoms with Gasteiger partial charge in [0, 0.05) is 15.4 Å². The predicted molar refractivity (Wildman–Crippen MR) is 106 cm³/mol. The topological polar surface area (TPSA) is 113 Å². The molecule has 0 aliphatic rings. The van der Waals surface area contributed by atoms with Gasteiger partial charge in [-0.2, -0.15) is 0 Å². The number of halogens is 2. The number of carbonyl (C=O) groups excluding carboxylic acids is 1. The number of rotatable bonds is 3. The first-order valence-corrected chi connectivity index (χ1v) is 8.77. The fourth-order valence-corrected chi connectivity index (χ4v) is 3.11. The number of carbonyl (C=O) groups is 1. The van der Waals surface area contributed by atoms with Gasteiger partial charge in [0.2, 0.25) is 5.88 Å². The van der Waals surface area contributed by atoms with Crippen LogP contribution in [0.2, 0.25) is 10.0 Å². The fraction of sp³-hybridized carbons (Fsp3) is 0.0556. The van der Waals surface area contributed by atoms with Crippen LogP contribution in [0, 0.1) is 0 Å². The van der Waals surface area contributed by atoms with E-state index in [2.05, 4.69) is 20.2 Å². The van der Waals surface area contributed by atoms with Crippen molar-refractivity contribution in [1.82, 2.24) is 14.5 Å². The molecular weight excluding hydrogens is 405 g/mol. The molecule has 4 aromatic rings. The molecule has 140 valence electrons. The Kier molecular flexibility index (Phi) is 4.58. The maximum atomic E-state index is 12.5. The second kappa shape index (κ2) is 7.06. The fourth-order valence-electron chi connectivity index (χ4n) is 2.76. The molecule has 0 atom stereocenters. The zero-order chi connectivity index (χ0) is 19.8. The Balaban J connectivity index is 1.63. The van der Waals surface area contributed by atoms with Crippen LogP contribution >= 0.6 is 23.2 Å². The van der Waals surface area contributed by atoms with E-state index in [1.807, 2.05) is 0 Å². The van der Waals surface area contributed by atoms with E-state index in [1.54, 1.807) is 30.3 Å². The Bertz CT molecular complexity index is 1330. The number of aromatic hydroxyl groups is 1. The lowest BCUT2D eigenvalue weighted by Crippen LogP contribution is -2.23. The summed E-state index contributed by atoms with van der Waals surface area (Å²) in [5.74, 6) is -0.936. The molecule has 28 heavy (non-hydrogen) atoms. The Labute approximate surface area is 167 Å². The third-order valence-electron chi connectivity index (χ3n) is 4.07. The molecular formula is C18H11Cl2N5O3. The molecule has 1 amide bonds. The molecule has 4 rings (SSSR count).